The summed E-state index contributed by atoms with van der Waals surface area (Å²) in [6.07, 6.45) is 5.42. The van der Waals surface area contributed by atoms with E-state index in [-0.39, 0.29) is 5.91 Å². The second-order valence-corrected chi connectivity index (χ2v) is 5.25. The normalized spacial score (nSPS) is 13.9. The number of amides is 1. The maximum absolute atomic E-state index is 12.3. The monoisotopic (exact) mass is 275 g/mol. The van der Waals surface area contributed by atoms with Gasteiger partial charge in [-0.1, -0.05) is 19.8 Å². The molecule has 0 unspecified atom stereocenters. The van der Waals surface area contributed by atoms with Crippen molar-refractivity contribution in [2.75, 3.05) is 11.4 Å². The molecule has 0 aromatic heterocycles. The Balaban J connectivity index is 2.15. The van der Waals surface area contributed by atoms with E-state index in [1.54, 1.807) is 18.2 Å². The number of rotatable bonds is 5. The van der Waals surface area contributed by atoms with Gasteiger partial charge in [-0.15, -0.1) is 0 Å². The van der Waals surface area contributed by atoms with Crippen molar-refractivity contribution in [3.63, 3.8) is 0 Å². The first kappa shape index (κ1) is 14.6. The van der Waals surface area contributed by atoms with Crippen molar-refractivity contribution in [3.05, 3.63) is 29.3 Å². The number of hydrogen-bond acceptors (Lipinski definition) is 2. The van der Waals surface area contributed by atoms with Crippen LogP contribution < -0.4 is 4.90 Å². The molecule has 1 aliphatic rings. The van der Waals surface area contributed by atoms with Crippen LogP contribution in [0.1, 0.15) is 54.9 Å². The topological polar surface area (TPSA) is 57.6 Å². The quantitative estimate of drug-likeness (QED) is 0.839. The highest BCUT2D eigenvalue weighted by atomic mass is 16.4. The standard InChI is InChI=1S/C16H21NO3/c1-2-3-4-7-15(18)17-10-5-6-12-11-13(16(19)20)8-9-14(12)17/h8-9,11H,2-7,10H2,1H3,(H,19,20). The van der Waals surface area contributed by atoms with Gasteiger partial charge in [0.05, 0.1) is 5.56 Å². The molecule has 20 heavy (non-hydrogen) atoms. The highest BCUT2D eigenvalue weighted by molar-refractivity contribution is 5.96. The van der Waals surface area contributed by atoms with Crippen molar-refractivity contribution in [3.8, 4) is 0 Å². The number of unbranched alkanes of at least 4 members (excludes halogenated alkanes) is 2. The average Bonchev–Trinajstić information content (AvgIpc) is 2.46. The second kappa shape index (κ2) is 6.55. The van der Waals surface area contributed by atoms with Crippen LogP contribution in [0.3, 0.4) is 0 Å². The lowest BCUT2D eigenvalue weighted by atomic mass is 9.98. The number of anilines is 1. The molecule has 1 aromatic rings. The number of aromatic carboxylic acids is 1. The minimum atomic E-state index is -0.917. The van der Waals surface area contributed by atoms with E-state index in [9.17, 15) is 9.59 Å². The van der Waals surface area contributed by atoms with Crippen molar-refractivity contribution >= 4 is 17.6 Å². The smallest absolute Gasteiger partial charge is 0.335 e. The molecule has 0 saturated heterocycles. The van der Waals surface area contributed by atoms with E-state index < -0.39 is 5.97 Å². The molecule has 0 saturated carbocycles. The lowest BCUT2D eigenvalue weighted by Gasteiger charge is -2.29. The van der Waals surface area contributed by atoms with Gasteiger partial charge in [-0.05, 0) is 43.0 Å². The minimum absolute atomic E-state index is 0.155. The summed E-state index contributed by atoms with van der Waals surface area (Å²) in [4.78, 5) is 25.1. The van der Waals surface area contributed by atoms with Crippen LogP contribution in [-0.4, -0.2) is 23.5 Å². The molecule has 0 radical (unpaired) electrons. The first-order chi connectivity index (χ1) is 9.63. The molecular weight excluding hydrogens is 254 g/mol. The molecule has 0 aliphatic carbocycles. The van der Waals surface area contributed by atoms with Crippen LogP contribution in [0.5, 0.6) is 0 Å². The van der Waals surface area contributed by atoms with Crippen molar-refractivity contribution in [2.24, 2.45) is 0 Å². The van der Waals surface area contributed by atoms with E-state index in [0.717, 1.165) is 49.9 Å². The second-order valence-electron chi connectivity index (χ2n) is 5.25. The largest absolute Gasteiger partial charge is 0.478 e. The number of fused-ring (bicyclic) bond motifs is 1. The van der Waals surface area contributed by atoms with Crippen LogP contribution in [0.2, 0.25) is 0 Å². The third-order valence-corrected chi connectivity index (χ3v) is 3.74. The summed E-state index contributed by atoms with van der Waals surface area (Å²) in [5.74, 6) is -0.762. The van der Waals surface area contributed by atoms with Gasteiger partial charge < -0.3 is 10.0 Å². The van der Waals surface area contributed by atoms with Crippen molar-refractivity contribution in [1.82, 2.24) is 0 Å². The third-order valence-electron chi connectivity index (χ3n) is 3.74. The number of carboxylic acids is 1. The van der Waals surface area contributed by atoms with E-state index in [1.807, 2.05) is 4.90 Å². The summed E-state index contributed by atoms with van der Waals surface area (Å²) in [6, 6.07) is 5.05. The fourth-order valence-corrected chi connectivity index (χ4v) is 2.65. The van der Waals surface area contributed by atoms with E-state index in [2.05, 4.69) is 6.92 Å². The van der Waals surface area contributed by atoms with Crippen LogP contribution in [0.25, 0.3) is 0 Å². The summed E-state index contributed by atoms with van der Waals surface area (Å²) in [7, 11) is 0. The summed E-state index contributed by atoms with van der Waals surface area (Å²) < 4.78 is 0. The summed E-state index contributed by atoms with van der Waals surface area (Å²) in [5.41, 5.74) is 2.16. The van der Waals surface area contributed by atoms with Gasteiger partial charge in [0, 0.05) is 18.7 Å². The number of hydrogen-bond donors (Lipinski definition) is 1. The Labute approximate surface area is 119 Å². The number of carbonyl (C=O) groups is 2. The van der Waals surface area contributed by atoms with Crippen molar-refractivity contribution in [1.29, 1.82) is 0 Å². The Morgan fingerprint density at radius 2 is 2.10 bits per heavy atom. The summed E-state index contributed by atoms with van der Waals surface area (Å²) in [5, 5.41) is 9.02. The first-order valence-corrected chi connectivity index (χ1v) is 7.30. The zero-order valence-electron chi connectivity index (χ0n) is 11.9. The molecule has 0 atom stereocenters. The Morgan fingerprint density at radius 3 is 2.80 bits per heavy atom. The lowest BCUT2D eigenvalue weighted by molar-refractivity contribution is -0.118. The molecule has 0 bridgehead atoms. The van der Waals surface area contributed by atoms with Crippen LogP contribution in [0.4, 0.5) is 5.69 Å². The van der Waals surface area contributed by atoms with Crippen LogP contribution in [0.15, 0.2) is 18.2 Å². The Bertz CT molecular complexity index is 510. The Kier molecular flexibility index (Phi) is 4.77. The van der Waals surface area contributed by atoms with E-state index >= 15 is 0 Å². The van der Waals surface area contributed by atoms with Gasteiger partial charge >= 0.3 is 5.97 Å². The number of carboxylic acid groups (broad SMARTS) is 1. The summed E-state index contributed by atoms with van der Waals surface area (Å²) >= 11 is 0. The predicted octanol–water partition coefficient (Wildman–Crippen LogP) is 3.24. The zero-order valence-corrected chi connectivity index (χ0v) is 11.9. The lowest BCUT2D eigenvalue weighted by Crippen LogP contribution is -2.35. The Morgan fingerprint density at radius 1 is 1.30 bits per heavy atom. The molecule has 1 N–H and O–H groups in total. The van der Waals surface area contributed by atoms with Crippen LogP contribution in [-0.2, 0) is 11.2 Å². The van der Waals surface area contributed by atoms with Gasteiger partial charge in [-0.3, -0.25) is 4.79 Å². The van der Waals surface area contributed by atoms with E-state index in [0.29, 0.717) is 12.0 Å². The molecule has 0 fully saturated rings. The molecule has 1 heterocycles. The molecule has 4 heteroatoms. The van der Waals surface area contributed by atoms with Crippen molar-refractivity contribution < 1.29 is 14.7 Å². The molecule has 2 rings (SSSR count). The SMILES string of the molecule is CCCCCC(=O)N1CCCc2cc(C(=O)O)ccc21. The summed E-state index contributed by atoms with van der Waals surface area (Å²) in [6.45, 7) is 2.86. The fourth-order valence-electron chi connectivity index (χ4n) is 2.65. The number of aryl methyl sites for hydroxylation is 1. The molecule has 108 valence electrons. The van der Waals surface area contributed by atoms with E-state index in [1.165, 1.54) is 0 Å². The molecule has 1 aliphatic heterocycles. The Hall–Kier alpha value is -1.84. The van der Waals surface area contributed by atoms with Gasteiger partial charge in [-0.25, -0.2) is 4.79 Å². The number of carbonyl (C=O) groups excluding carboxylic acids is 1. The molecule has 4 nitrogen and oxygen atoms in total. The van der Waals surface area contributed by atoms with Gasteiger partial charge in [0.25, 0.3) is 0 Å². The van der Waals surface area contributed by atoms with Gasteiger partial charge in [0.2, 0.25) is 5.91 Å². The molecule has 1 amide bonds. The third kappa shape index (κ3) is 3.18. The highest BCUT2D eigenvalue weighted by Gasteiger charge is 2.22. The van der Waals surface area contributed by atoms with Gasteiger partial charge in [0.15, 0.2) is 0 Å². The maximum Gasteiger partial charge on any atom is 0.335 e. The zero-order chi connectivity index (χ0) is 14.5. The minimum Gasteiger partial charge on any atom is -0.478 e. The molecule has 0 spiro atoms. The first-order valence-electron chi connectivity index (χ1n) is 7.30. The fraction of sp³-hybridized carbons (Fsp3) is 0.500. The van der Waals surface area contributed by atoms with E-state index in [4.69, 9.17) is 5.11 Å². The maximum atomic E-state index is 12.3. The molecular formula is C16H21NO3. The van der Waals surface area contributed by atoms with Crippen LogP contribution >= 0.6 is 0 Å². The van der Waals surface area contributed by atoms with Crippen molar-refractivity contribution in [2.45, 2.75) is 45.4 Å². The number of nitrogens with zero attached hydrogens (tertiary/aromatic N) is 1. The van der Waals surface area contributed by atoms with Crippen LogP contribution in [0, 0.1) is 0 Å². The molecule has 1 aromatic carbocycles. The highest BCUT2D eigenvalue weighted by Crippen LogP contribution is 2.29. The number of benzene rings is 1. The van der Waals surface area contributed by atoms with Gasteiger partial charge in [0.1, 0.15) is 0 Å². The van der Waals surface area contributed by atoms with Gasteiger partial charge in [-0.2, -0.15) is 0 Å². The predicted molar refractivity (Wildman–Crippen MR) is 78.2 cm³/mol. The average molecular weight is 275 g/mol.